The summed E-state index contributed by atoms with van der Waals surface area (Å²) in [5.74, 6) is 1.13. The fraction of sp³-hybridized carbons (Fsp3) is 0.714. The Morgan fingerprint density at radius 3 is 3.15 bits per heavy atom. The molecular formula is C14H22N4O2. The van der Waals surface area contributed by atoms with Gasteiger partial charge >= 0.3 is 5.97 Å². The molecule has 2 atom stereocenters. The van der Waals surface area contributed by atoms with E-state index in [1.165, 1.54) is 12.8 Å². The zero-order valence-corrected chi connectivity index (χ0v) is 11.9. The molecule has 3 rings (SSSR count). The van der Waals surface area contributed by atoms with Crippen LogP contribution in [-0.2, 0) is 4.74 Å². The van der Waals surface area contributed by atoms with Gasteiger partial charge in [-0.1, -0.05) is 0 Å². The van der Waals surface area contributed by atoms with Gasteiger partial charge in [0.25, 0.3) is 0 Å². The molecule has 1 fully saturated rings. The lowest BCUT2D eigenvalue weighted by Gasteiger charge is -2.34. The number of nitrogens with one attached hydrogen (secondary N) is 2. The van der Waals surface area contributed by atoms with Gasteiger partial charge < -0.3 is 15.4 Å². The molecule has 1 aromatic rings. The highest BCUT2D eigenvalue weighted by Crippen LogP contribution is 2.34. The Bertz CT molecular complexity index is 480. The van der Waals surface area contributed by atoms with Crippen molar-refractivity contribution in [2.45, 2.75) is 32.2 Å². The maximum Gasteiger partial charge on any atom is 0.343 e. The van der Waals surface area contributed by atoms with Gasteiger partial charge in [0, 0.05) is 6.54 Å². The van der Waals surface area contributed by atoms with Crippen LogP contribution in [0.25, 0.3) is 0 Å². The molecule has 0 saturated carbocycles. The van der Waals surface area contributed by atoms with E-state index >= 15 is 0 Å². The number of aromatic nitrogens is 2. The van der Waals surface area contributed by atoms with E-state index in [9.17, 15) is 4.79 Å². The standard InChI is InChI=1S/C14H22N4O2/c1-2-20-14(19)11-9-17-18-12(5-7-16-13(11)18)10-4-3-6-15-8-10/h9-10,12,15-16H,2-8H2,1H3. The Hall–Kier alpha value is -1.56. The largest absolute Gasteiger partial charge is 0.462 e. The summed E-state index contributed by atoms with van der Waals surface area (Å²) in [4.78, 5) is 11.9. The molecule has 6 nitrogen and oxygen atoms in total. The first-order chi connectivity index (χ1) is 9.81. The average Bonchev–Trinajstić information content (AvgIpc) is 2.92. The lowest BCUT2D eigenvalue weighted by molar-refractivity contribution is 0.0527. The van der Waals surface area contributed by atoms with Crippen LogP contribution in [0.3, 0.4) is 0 Å². The summed E-state index contributed by atoms with van der Waals surface area (Å²) < 4.78 is 7.08. The van der Waals surface area contributed by atoms with Crippen LogP contribution in [0, 0.1) is 5.92 Å². The van der Waals surface area contributed by atoms with Gasteiger partial charge in [-0.3, -0.25) is 0 Å². The number of rotatable bonds is 3. The van der Waals surface area contributed by atoms with Crippen LogP contribution in [0.4, 0.5) is 5.82 Å². The highest BCUT2D eigenvalue weighted by Gasteiger charge is 2.32. The summed E-state index contributed by atoms with van der Waals surface area (Å²) in [5.41, 5.74) is 0.556. The SMILES string of the molecule is CCOC(=O)c1cnn2c1NCCC2C1CCCNC1. The molecule has 1 aromatic heterocycles. The summed E-state index contributed by atoms with van der Waals surface area (Å²) in [5, 5.41) is 11.2. The Kier molecular flexibility index (Phi) is 3.91. The molecule has 3 heterocycles. The zero-order chi connectivity index (χ0) is 13.9. The molecule has 0 spiro atoms. The summed E-state index contributed by atoms with van der Waals surface area (Å²) in [6.45, 7) is 5.25. The molecular weight excluding hydrogens is 256 g/mol. The van der Waals surface area contributed by atoms with Crippen LogP contribution >= 0.6 is 0 Å². The number of esters is 1. The second-order valence-corrected chi connectivity index (χ2v) is 5.46. The molecule has 2 unspecified atom stereocenters. The highest BCUT2D eigenvalue weighted by atomic mass is 16.5. The van der Waals surface area contributed by atoms with Gasteiger partial charge in [-0.05, 0) is 45.2 Å². The number of carbonyl (C=O) groups excluding carboxylic acids is 1. The number of ether oxygens (including phenoxy) is 1. The van der Waals surface area contributed by atoms with Crippen LogP contribution in [0.1, 0.15) is 42.6 Å². The molecule has 2 aliphatic rings. The number of fused-ring (bicyclic) bond motifs is 1. The van der Waals surface area contributed by atoms with E-state index in [4.69, 9.17) is 4.74 Å². The van der Waals surface area contributed by atoms with Gasteiger partial charge in [-0.15, -0.1) is 0 Å². The van der Waals surface area contributed by atoms with Gasteiger partial charge in [-0.25, -0.2) is 9.48 Å². The average molecular weight is 278 g/mol. The monoisotopic (exact) mass is 278 g/mol. The molecule has 0 amide bonds. The van der Waals surface area contributed by atoms with Crippen molar-refractivity contribution in [3.63, 3.8) is 0 Å². The zero-order valence-electron chi connectivity index (χ0n) is 11.9. The molecule has 20 heavy (non-hydrogen) atoms. The van der Waals surface area contributed by atoms with Gasteiger partial charge in [-0.2, -0.15) is 5.10 Å². The predicted molar refractivity (Wildman–Crippen MR) is 75.9 cm³/mol. The van der Waals surface area contributed by atoms with E-state index in [-0.39, 0.29) is 5.97 Å². The van der Waals surface area contributed by atoms with Crippen molar-refractivity contribution in [1.29, 1.82) is 0 Å². The third-order valence-electron chi connectivity index (χ3n) is 4.22. The molecule has 6 heteroatoms. The molecule has 110 valence electrons. The minimum Gasteiger partial charge on any atom is -0.462 e. The Morgan fingerprint density at radius 2 is 2.40 bits per heavy atom. The fourth-order valence-corrected chi connectivity index (χ4v) is 3.25. The number of hydrogen-bond acceptors (Lipinski definition) is 5. The van der Waals surface area contributed by atoms with Crippen LogP contribution < -0.4 is 10.6 Å². The maximum absolute atomic E-state index is 11.9. The van der Waals surface area contributed by atoms with E-state index < -0.39 is 0 Å². The summed E-state index contributed by atoms with van der Waals surface area (Å²) >= 11 is 0. The molecule has 0 aromatic carbocycles. The van der Waals surface area contributed by atoms with E-state index in [1.807, 2.05) is 11.6 Å². The highest BCUT2D eigenvalue weighted by molar-refractivity contribution is 5.94. The number of carbonyl (C=O) groups is 1. The first kappa shape index (κ1) is 13.4. The number of piperidine rings is 1. The van der Waals surface area contributed by atoms with Gasteiger partial charge in [0.05, 0.1) is 18.8 Å². The van der Waals surface area contributed by atoms with Crippen LogP contribution in [0.5, 0.6) is 0 Å². The van der Waals surface area contributed by atoms with Crippen molar-refractivity contribution >= 4 is 11.8 Å². The smallest absolute Gasteiger partial charge is 0.343 e. The first-order valence-corrected chi connectivity index (χ1v) is 7.50. The Morgan fingerprint density at radius 1 is 1.50 bits per heavy atom. The van der Waals surface area contributed by atoms with Crippen LogP contribution in [0.2, 0.25) is 0 Å². The summed E-state index contributed by atoms with van der Waals surface area (Å²) in [7, 11) is 0. The lowest BCUT2D eigenvalue weighted by atomic mass is 9.89. The molecule has 2 N–H and O–H groups in total. The third kappa shape index (κ3) is 2.40. The quantitative estimate of drug-likeness (QED) is 0.818. The van der Waals surface area contributed by atoms with Crippen LogP contribution in [0.15, 0.2) is 6.20 Å². The normalized spacial score (nSPS) is 25.6. The Labute approximate surface area is 118 Å². The number of anilines is 1. The van der Waals surface area contributed by atoms with E-state index in [0.29, 0.717) is 24.1 Å². The van der Waals surface area contributed by atoms with Gasteiger partial charge in [0.2, 0.25) is 0 Å². The second-order valence-electron chi connectivity index (χ2n) is 5.46. The summed E-state index contributed by atoms with van der Waals surface area (Å²) in [6, 6.07) is 0.377. The minimum absolute atomic E-state index is 0.288. The molecule has 1 saturated heterocycles. The number of nitrogens with zero attached hydrogens (tertiary/aromatic N) is 2. The van der Waals surface area contributed by atoms with Crippen LogP contribution in [-0.4, -0.2) is 42.0 Å². The topological polar surface area (TPSA) is 68.2 Å². The van der Waals surface area contributed by atoms with Crippen molar-refractivity contribution in [3.8, 4) is 0 Å². The number of hydrogen-bond donors (Lipinski definition) is 2. The van der Waals surface area contributed by atoms with E-state index in [0.717, 1.165) is 31.9 Å². The van der Waals surface area contributed by atoms with Crippen molar-refractivity contribution in [3.05, 3.63) is 11.8 Å². The van der Waals surface area contributed by atoms with Gasteiger partial charge in [0.1, 0.15) is 11.4 Å². The van der Waals surface area contributed by atoms with E-state index in [1.54, 1.807) is 6.20 Å². The summed E-state index contributed by atoms with van der Waals surface area (Å²) in [6.07, 6.45) is 5.14. The van der Waals surface area contributed by atoms with Gasteiger partial charge in [0.15, 0.2) is 0 Å². The van der Waals surface area contributed by atoms with Crippen molar-refractivity contribution in [1.82, 2.24) is 15.1 Å². The molecule has 2 aliphatic heterocycles. The molecule has 0 radical (unpaired) electrons. The van der Waals surface area contributed by atoms with Crippen molar-refractivity contribution < 1.29 is 9.53 Å². The van der Waals surface area contributed by atoms with E-state index in [2.05, 4.69) is 15.7 Å². The molecule has 0 aliphatic carbocycles. The second kappa shape index (κ2) is 5.83. The first-order valence-electron chi connectivity index (χ1n) is 7.50. The lowest BCUT2D eigenvalue weighted by Crippen LogP contribution is -2.38. The third-order valence-corrected chi connectivity index (χ3v) is 4.22. The molecule has 0 bridgehead atoms. The minimum atomic E-state index is -0.288. The maximum atomic E-state index is 11.9. The predicted octanol–water partition coefficient (Wildman–Crippen LogP) is 1.42. The fourth-order valence-electron chi connectivity index (χ4n) is 3.25. The van der Waals surface area contributed by atoms with Crippen molar-refractivity contribution in [2.75, 3.05) is 31.6 Å². The Balaban J connectivity index is 1.84. The van der Waals surface area contributed by atoms with Crippen molar-refractivity contribution in [2.24, 2.45) is 5.92 Å².